The Morgan fingerprint density at radius 2 is 1.88 bits per heavy atom. The molecule has 0 fully saturated rings. The van der Waals surface area contributed by atoms with Gasteiger partial charge in [-0.05, 0) is 24.3 Å². The fourth-order valence-electron chi connectivity index (χ4n) is 1.25. The molecular weight excluding hydrogens is 238 g/mol. The number of anilines is 1. The highest BCUT2D eigenvalue weighted by Gasteiger charge is 2.00. The number of urea groups is 1. The Bertz CT molecular complexity index is 351. The summed E-state index contributed by atoms with van der Waals surface area (Å²) in [6, 6.07) is 7.20. The van der Waals surface area contributed by atoms with Gasteiger partial charge >= 0.3 is 6.03 Å². The predicted molar refractivity (Wildman–Crippen MR) is 71.6 cm³/mol. The van der Waals surface area contributed by atoms with Gasteiger partial charge in [-0.3, -0.25) is 0 Å². The number of hydrogen-bond donors (Lipinski definition) is 3. The zero-order chi connectivity index (χ0) is 12.7. The summed E-state index contributed by atoms with van der Waals surface area (Å²) < 4.78 is 0. The Morgan fingerprint density at radius 3 is 2.47 bits per heavy atom. The second-order valence-corrected chi connectivity index (χ2v) is 4.43. The zero-order valence-corrected chi connectivity index (χ0v) is 10.8. The Hall–Kier alpha value is -1.26. The maximum absolute atomic E-state index is 11.5. The van der Waals surface area contributed by atoms with Crippen LogP contribution in [-0.2, 0) is 0 Å². The molecule has 4 nitrogen and oxygen atoms in total. The number of hydrogen-bond acceptors (Lipinski definition) is 2. The van der Waals surface area contributed by atoms with Gasteiger partial charge in [-0.25, -0.2) is 4.79 Å². The lowest BCUT2D eigenvalue weighted by Crippen LogP contribution is -2.36. The van der Waals surface area contributed by atoms with Crippen molar-refractivity contribution in [2.45, 2.75) is 19.9 Å². The highest BCUT2D eigenvalue weighted by molar-refractivity contribution is 6.30. The van der Waals surface area contributed by atoms with E-state index < -0.39 is 0 Å². The molecule has 0 unspecified atom stereocenters. The van der Waals surface area contributed by atoms with Crippen LogP contribution in [0.4, 0.5) is 10.5 Å². The molecule has 0 heterocycles. The van der Waals surface area contributed by atoms with Crippen LogP contribution in [0.5, 0.6) is 0 Å². The van der Waals surface area contributed by atoms with Crippen molar-refractivity contribution in [1.29, 1.82) is 0 Å². The quantitative estimate of drug-likeness (QED) is 0.708. The molecule has 0 aliphatic rings. The molecule has 0 aliphatic carbocycles. The maximum Gasteiger partial charge on any atom is 0.319 e. The third kappa shape index (κ3) is 6.14. The molecule has 3 N–H and O–H groups in total. The minimum absolute atomic E-state index is 0.210. The predicted octanol–water partition coefficient (Wildman–Crippen LogP) is 2.46. The van der Waals surface area contributed by atoms with E-state index in [1.54, 1.807) is 24.3 Å². The molecule has 1 rings (SSSR count). The van der Waals surface area contributed by atoms with E-state index in [4.69, 9.17) is 11.6 Å². The number of amides is 2. The van der Waals surface area contributed by atoms with Crippen molar-refractivity contribution in [2.75, 3.05) is 18.4 Å². The number of carbonyl (C=O) groups excluding carboxylic acids is 1. The highest BCUT2D eigenvalue weighted by atomic mass is 35.5. The highest BCUT2D eigenvalue weighted by Crippen LogP contribution is 2.12. The first-order chi connectivity index (χ1) is 8.08. The van der Waals surface area contributed by atoms with E-state index in [1.807, 2.05) is 0 Å². The molecule has 1 aromatic carbocycles. The average Bonchev–Trinajstić information content (AvgIpc) is 2.27. The molecule has 0 bridgehead atoms. The van der Waals surface area contributed by atoms with Crippen LogP contribution >= 0.6 is 11.6 Å². The first-order valence-corrected chi connectivity index (χ1v) is 5.99. The average molecular weight is 256 g/mol. The molecule has 0 saturated heterocycles. The second kappa shape index (κ2) is 7.14. The summed E-state index contributed by atoms with van der Waals surface area (Å²) >= 11 is 5.74. The molecule has 0 radical (unpaired) electrons. The SMILES string of the molecule is CC(C)NCCNC(=O)Nc1ccc(Cl)cc1. The lowest BCUT2D eigenvalue weighted by molar-refractivity contribution is 0.252. The number of halogens is 1. The van der Waals surface area contributed by atoms with E-state index >= 15 is 0 Å². The zero-order valence-electron chi connectivity index (χ0n) is 10.1. The molecule has 0 spiro atoms. The number of rotatable bonds is 5. The van der Waals surface area contributed by atoms with Gasteiger partial charge in [0.05, 0.1) is 0 Å². The van der Waals surface area contributed by atoms with E-state index in [-0.39, 0.29) is 6.03 Å². The Kier molecular flexibility index (Phi) is 5.80. The van der Waals surface area contributed by atoms with Crippen molar-refractivity contribution in [3.05, 3.63) is 29.3 Å². The van der Waals surface area contributed by atoms with E-state index in [1.165, 1.54) is 0 Å². The summed E-state index contributed by atoms with van der Waals surface area (Å²) in [7, 11) is 0. The third-order valence-electron chi connectivity index (χ3n) is 2.07. The summed E-state index contributed by atoms with van der Waals surface area (Å²) in [5, 5.41) is 9.34. The Morgan fingerprint density at radius 1 is 1.24 bits per heavy atom. The topological polar surface area (TPSA) is 53.2 Å². The largest absolute Gasteiger partial charge is 0.337 e. The maximum atomic E-state index is 11.5. The lowest BCUT2D eigenvalue weighted by atomic mass is 10.3. The van der Waals surface area contributed by atoms with Crippen molar-refractivity contribution < 1.29 is 4.79 Å². The molecule has 2 amide bonds. The molecule has 0 aliphatic heterocycles. The van der Waals surface area contributed by atoms with Crippen molar-refractivity contribution in [1.82, 2.24) is 10.6 Å². The monoisotopic (exact) mass is 255 g/mol. The smallest absolute Gasteiger partial charge is 0.319 e. The van der Waals surface area contributed by atoms with Crippen LogP contribution in [-0.4, -0.2) is 25.2 Å². The van der Waals surface area contributed by atoms with Crippen LogP contribution in [0.2, 0.25) is 5.02 Å². The molecule has 0 atom stereocenters. The van der Waals surface area contributed by atoms with Gasteiger partial charge in [0.2, 0.25) is 0 Å². The van der Waals surface area contributed by atoms with Crippen molar-refractivity contribution >= 4 is 23.3 Å². The summed E-state index contributed by atoms with van der Waals surface area (Å²) in [6.45, 7) is 5.48. The molecule has 0 saturated carbocycles. The van der Waals surface area contributed by atoms with Crippen molar-refractivity contribution in [3.8, 4) is 0 Å². The first-order valence-electron chi connectivity index (χ1n) is 5.61. The molecule has 0 aromatic heterocycles. The number of carbonyl (C=O) groups is 1. The number of benzene rings is 1. The van der Waals surface area contributed by atoms with Gasteiger partial charge in [-0.15, -0.1) is 0 Å². The van der Waals surface area contributed by atoms with Gasteiger partial charge in [0.1, 0.15) is 0 Å². The van der Waals surface area contributed by atoms with Crippen LogP contribution in [0.3, 0.4) is 0 Å². The van der Waals surface area contributed by atoms with E-state index in [9.17, 15) is 4.79 Å². The summed E-state index contributed by atoms with van der Waals surface area (Å²) in [5.41, 5.74) is 0.726. The van der Waals surface area contributed by atoms with Gasteiger partial charge < -0.3 is 16.0 Å². The molecule has 5 heteroatoms. The number of nitrogens with one attached hydrogen (secondary N) is 3. The fourth-order valence-corrected chi connectivity index (χ4v) is 1.37. The van der Waals surface area contributed by atoms with E-state index in [0.29, 0.717) is 17.6 Å². The Labute approximate surface area is 107 Å². The standard InChI is InChI=1S/C12H18ClN3O/c1-9(2)14-7-8-15-12(17)16-11-5-3-10(13)4-6-11/h3-6,9,14H,7-8H2,1-2H3,(H2,15,16,17). The lowest BCUT2D eigenvalue weighted by Gasteiger charge is -2.10. The van der Waals surface area contributed by atoms with E-state index in [2.05, 4.69) is 29.8 Å². The summed E-state index contributed by atoms with van der Waals surface area (Å²) in [4.78, 5) is 11.5. The van der Waals surface area contributed by atoms with E-state index in [0.717, 1.165) is 12.2 Å². The minimum atomic E-state index is -0.210. The minimum Gasteiger partial charge on any atom is -0.337 e. The van der Waals surface area contributed by atoms with Crippen LogP contribution in [0.1, 0.15) is 13.8 Å². The summed E-state index contributed by atoms with van der Waals surface area (Å²) in [6.07, 6.45) is 0. The molecular formula is C12H18ClN3O. The van der Waals surface area contributed by atoms with Crippen LogP contribution in [0.25, 0.3) is 0 Å². The van der Waals surface area contributed by atoms with Crippen LogP contribution < -0.4 is 16.0 Å². The van der Waals surface area contributed by atoms with Gasteiger partial charge in [0, 0.05) is 29.8 Å². The van der Waals surface area contributed by atoms with Gasteiger partial charge in [0.25, 0.3) is 0 Å². The van der Waals surface area contributed by atoms with Gasteiger partial charge in [0.15, 0.2) is 0 Å². The Balaban J connectivity index is 2.23. The fraction of sp³-hybridized carbons (Fsp3) is 0.417. The molecule has 94 valence electrons. The first kappa shape index (κ1) is 13.8. The van der Waals surface area contributed by atoms with Crippen molar-refractivity contribution in [2.24, 2.45) is 0 Å². The molecule has 1 aromatic rings. The van der Waals surface area contributed by atoms with Gasteiger partial charge in [-0.1, -0.05) is 25.4 Å². The molecule has 17 heavy (non-hydrogen) atoms. The third-order valence-corrected chi connectivity index (χ3v) is 2.32. The normalized spacial score (nSPS) is 10.4. The van der Waals surface area contributed by atoms with Crippen LogP contribution in [0.15, 0.2) is 24.3 Å². The van der Waals surface area contributed by atoms with Crippen LogP contribution in [0, 0.1) is 0 Å². The van der Waals surface area contributed by atoms with Gasteiger partial charge in [-0.2, -0.15) is 0 Å². The second-order valence-electron chi connectivity index (χ2n) is 4.00. The van der Waals surface area contributed by atoms with Crippen molar-refractivity contribution in [3.63, 3.8) is 0 Å². The summed E-state index contributed by atoms with van der Waals surface area (Å²) in [5.74, 6) is 0.